The quantitative estimate of drug-likeness (QED) is 0.781. The lowest BCUT2D eigenvalue weighted by molar-refractivity contribution is -0.128. The molecule has 0 spiro atoms. The molecule has 2 amide bonds. The van der Waals surface area contributed by atoms with Crippen LogP contribution in [-0.4, -0.2) is 11.8 Å². The topological polar surface area (TPSA) is 46.2 Å². The molecular formula is C13H13NO2. The molecule has 0 radical (unpaired) electrons. The van der Waals surface area contributed by atoms with Gasteiger partial charge in [0.05, 0.1) is 0 Å². The van der Waals surface area contributed by atoms with Crippen LogP contribution in [0.1, 0.15) is 18.4 Å². The fraction of sp³-hybridized carbons (Fsp3) is 0.231. The van der Waals surface area contributed by atoms with Gasteiger partial charge in [-0.05, 0) is 24.5 Å². The molecule has 1 aliphatic carbocycles. The van der Waals surface area contributed by atoms with E-state index in [4.69, 9.17) is 0 Å². The first kappa shape index (κ1) is 10.6. The smallest absolute Gasteiger partial charge is 0.250 e. The van der Waals surface area contributed by atoms with E-state index in [1.807, 2.05) is 30.3 Å². The minimum absolute atomic E-state index is 0.0640. The van der Waals surface area contributed by atoms with Crippen LogP contribution in [0.4, 0.5) is 0 Å². The maximum Gasteiger partial charge on any atom is 0.250 e. The van der Waals surface area contributed by atoms with Crippen molar-refractivity contribution < 1.29 is 9.59 Å². The van der Waals surface area contributed by atoms with Crippen LogP contribution in [0.3, 0.4) is 0 Å². The molecule has 0 heterocycles. The number of carbonyl (C=O) groups is 2. The Kier molecular flexibility index (Phi) is 3.15. The number of amides is 2. The Bertz CT molecular complexity index is 419. The maximum atomic E-state index is 11.3. The standard InChI is InChI=1S/C13H13NO2/c15-12(14-13(16)11-7-8-11)9-6-10-4-2-1-3-5-10/h1-6,9,11H,7-8H2,(H,14,15,16)/b9-6+. The Morgan fingerprint density at radius 2 is 1.88 bits per heavy atom. The molecule has 0 aromatic heterocycles. The number of carbonyl (C=O) groups excluding carboxylic acids is 2. The monoisotopic (exact) mass is 215 g/mol. The average Bonchev–Trinajstić information content (AvgIpc) is 3.11. The molecule has 1 aromatic rings. The van der Waals surface area contributed by atoms with Crippen molar-refractivity contribution in [2.24, 2.45) is 5.92 Å². The molecule has 2 rings (SSSR count). The highest BCUT2D eigenvalue weighted by atomic mass is 16.2. The van der Waals surface area contributed by atoms with Crippen LogP contribution in [0.25, 0.3) is 6.08 Å². The van der Waals surface area contributed by atoms with E-state index >= 15 is 0 Å². The molecular weight excluding hydrogens is 202 g/mol. The Morgan fingerprint density at radius 3 is 2.50 bits per heavy atom. The highest BCUT2D eigenvalue weighted by Crippen LogP contribution is 2.28. The van der Waals surface area contributed by atoms with Crippen molar-refractivity contribution >= 4 is 17.9 Å². The predicted molar refractivity (Wildman–Crippen MR) is 61.3 cm³/mol. The van der Waals surface area contributed by atoms with Gasteiger partial charge in [-0.25, -0.2) is 0 Å². The molecule has 1 aliphatic rings. The van der Waals surface area contributed by atoms with Crippen molar-refractivity contribution in [3.05, 3.63) is 42.0 Å². The Hall–Kier alpha value is -1.90. The van der Waals surface area contributed by atoms with E-state index in [0.29, 0.717) is 0 Å². The fourth-order valence-electron chi connectivity index (χ4n) is 1.35. The number of benzene rings is 1. The van der Waals surface area contributed by atoms with Crippen LogP contribution in [0.15, 0.2) is 36.4 Å². The van der Waals surface area contributed by atoms with Gasteiger partial charge < -0.3 is 0 Å². The average molecular weight is 215 g/mol. The molecule has 0 saturated heterocycles. The third kappa shape index (κ3) is 3.05. The third-order valence-corrected chi connectivity index (χ3v) is 2.42. The molecule has 3 heteroatoms. The van der Waals surface area contributed by atoms with Gasteiger partial charge in [0, 0.05) is 12.0 Å². The summed E-state index contributed by atoms with van der Waals surface area (Å²) >= 11 is 0. The first-order valence-corrected chi connectivity index (χ1v) is 5.33. The van der Waals surface area contributed by atoms with Crippen LogP contribution in [0, 0.1) is 5.92 Å². The lowest BCUT2D eigenvalue weighted by Crippen LogP contribution is -2.29. The van der Waals surface area contributed by atoms with Gasteiger partial charge in [-0.3, -0.25) is 14.9 Å². The summed E-state index contributed by atoms with van der Waals surface area (Å²) in [6.45, 7) is 0. The van der Waals surface area contributed by atoms with Gasteiger partial charge in [0.1, 0.15) is 0 Å². The van der Waals surface area contributed by atoms with E-state index in [9.17, 15) is 9.59 Å². The molecule has 1 aromatic carbocycles. The van der Waals surface area contributed by atoms with E-state index in [0.717, 1.165) is 18.4 Å². The van der Waals surface area contributed by atoms with Crippen LogP contribution in [-0.2, 0) is 9.59 Å². The van der Waals surface area contributed by atoms with E-state index in [1.54, 1.807) is 6.08 Å². The predicted octanol–water partition coefficient (Wildman–Crippen LogP) is 1.75. The van der Waals surface area contributed by atoms with E-state index in [-0.39, 0.29) is 17.7 Å². The molecule has 3 nitrogen and oxygen atoms in total. The summed E-state index contributed by atoms with van der Waals surface area (Å²) in [6.07, 6.45) is 4.88. The molecule has 1 saturated carbocycles. The van der Waals surface area contributed by atoms with Gasteiger partial charge in [-0.15, -0.1) is 0 Å². The molecule has 0 aliphatic heterocycles. The van der Waals surface area contributed by atoms with Gasteiger partial charge in [-0.2, -0.15) is 0 Å². The Morgan fingerprint density at radius 1 is 1.19 bits per heavy atom. The highest BCUT2D eigenvalue weighted by molar-refractivity contribution is 6.03. The molecule has 1 N–H and O–H groups in total. The third-order valence-electron chi connectivity index (χ3n) is 2.42. The van der Waals surface area contributed by atoms with E-state index in [1.165, 1.54) is 6.08 Å². The summed E-state index contributed by atoms with van der Waals surface area (Å²) < 4.78 is 0. The van der Waals surface area contributed by atoms with Crippen LogP contribution in [0.2, 0.25) is 0 Å². The minimum atomic E-state index is -0.347. The molecule has 0 atom stereocenters. The second-order valence-electron chi connectivity index (χ2n) is 3.87. The number of hydrogen-bond acceptors (Lipinski definition) is 2. The SMILES string of the molecule is O=C(/C=C/c1ccccc1)NC(=O)C1CC1. The number of nitrogens with one attached hydrogen (secondary N) is 1. The summed E-state index contributed by atoms with van der Waals surface area (Å²) in [7, 11) is 0. The summed E-state index contributed by atoms with van der Waals surface area (Å²) in [4.78, 5) is 22.6. The second-order valence-corrected chi connectivity index (χ2v) is 3.87. The lowest BCUT2D eigenvalue weighted by Gasteiger charge is -1.97. The fourth-order valence-corrected chi connectivity index (χ4v) is 1.35. The van der Waals surface area contributed by atoms with E-state index < -0.39 is 0 Å². The van der Waals surface area contributed by atoms with Crippen molar-refractivity contribution in [3.8, 4) is 0 Å². The maximum absolute atomic E-state index is 11.3. The van der Waals surface area contributed by atoms with Gasteiger partial charge in [0.2, 0.25) is 5.91 Å². The first-order chi connectivity index (χ1) is 7.75. The van der Waals surface area contributed by atoms with Crippen molar-refractivity contribution in [1.29, 1.82) is 0 Å². The number of hydrogen-bond donors (Lipinski definition) is 1. The highest BCUT2D eigenvalue weighted by Gasteiger charge is 2.30. The summed E-state index contributed by atoms with van der Waals surface area (Å²) in [6, 6.07) is 9.49. The summed E-state index contributed by atoms with van der Waals surface area (Å²) in [5.41, 5.74) is 0.941. The van der Waals surface area contributed by atoms with Crippen molar-refractivity contribution in [2.45, 2.75) is 12.8 Å². The zero-order chi connectivity index (χ0) is 11.4. The number of imide groups is 1. The first-order valence-electron chi connectivity index (χ1n) is 5.33. The molecule has 82 valence electrons. The van der Waals surface area contributed by atoms with Gasteiger partial charge in [-0.1, -0.05) is 30.3 Å². The number of rotatable bonds is 3. The van der Waals surface area contributed by atoms with E-state index in [2.05, 4.69) is 5.32 Å². The van der Waals surface area contributed by atoms with Crippen molar-refractivity contribution in [3.63, 3.8) is 0 Å². The van der Waals surface area contributed by atoms with Gasteiger partial charge in [0.15, 0.2) is 0 Å². The van der Waals surface area contributed by atoms with Crippen molar-refractivity contribution in [1.82, 2.24) is 5.32 Å². The van der Waals surface area contributed by atoms with Gasteiger partial charge >= 0.3 is 0 Å². The van der Waals surface area contributed by atoms with Crippen LogP contribution in [0.5, 0.6) is 0 Å². The zero-order valence-electron chi connectivity index (χ0n) is 8.85. The van der Waals surface area contributed by atoms with Crippen molar-refractivity contribution in [2.75, 3.05) is 0 Å². The van der Waals surface area contributed by atoms with Crippen LogP contribution < -0.4 is 5.32 Å². The summed E-state index contributed by atoms with van der Waals surface area (Å²) in [5, 5.41) is 2.35. The Labute approximate surface area is 94.2 Å². The largest absolute Gasteiger partial charge is 0.293 e. The zero-order valence-corrected chi connectivity index (χ0v) is 8.85. The summed E-state index contributed by atoms with van der Waals surface area (Å²) in [5.74, 6) is -0.433. The molecule has 0 bridgehead atoms. The molecule has 16 heavy (non-hydrogen) atoms. The van der Waals surface area contributed by atoms with Gasteiger partial charge in [0.25, 0.3) is 5.91 Å². The second kappa shape index (κ2) is 4.75. The Balaban J connectivity index is 1.87. The minimum Gasteiger partial charge on any atom is -0.293 e. The molecule has 1 fully saturated rings. The molecule has 0 unspecified atom stereocenters. The normalized spacial score (nSPS) is 15.0. The van der Waals surface area contributed by atoms with Crippen LogP contribution >= 0.6 is 0 Å². The lowest BCUT2D eigenvalue weighted by atomic mass is 10.2.